The highest BCUT2D eigenvalue weighted by molar-refractivity contribution is 6.06. The maximum absolute atomic E-state index is 13.6. The van der Waals surface area contributed by atoms with Gasteiger partial charge in [-0.2, -0.15) is 0 Å². The monoisotopic (exact) mass is 597 g/mol. The molecule has 10 nitrogen and oxygen atoms in total. The number of benzene rings is 2. The summed E-state index contributed by atoms with van der Waals surface area (Å²) >= 11 is 0. The third-order valence-electron chi connectivity index (χ3n) is 7.93. The van der Waals surface area contributed by atoms with Gasteiger partial charge in [-0.3, -0.25) is 9.59 Å². The normalized spacial score (nSPS) is 17.1. The first-order valence-corrected chi connectivity index (χ1v) is 14.7. The van der Waals surface area contributed by atoms with Crippen LogP contribution in [-0.4, -0.2) is 80.0 Å². The number of hydrogen-bond acceptors (Lipinski definition) is 6. The van der Waals surface area contributed by atoms with Crippen molar-refractivity contribution in [3.63, 3.8) is 0 Å². The van der Waals surface area contributed by atoms with Crippen molar-refractivity contribution in [1.82, 2.24) is 19.7 Å². The van der Waals surface area contributed by atoms with E-state index in [1.54, 1.807) is 55.5 Å². The van der Waals surface area contributed by atoms with E-state index in [0.717, 1.165) is 35.3 Å². The summed E-state index contributed by atoms with van der Waals surface area (Å²) in [4.78, 5) is 42.8. The summed E-state index contributed by atoms with van der Waals surface area (Å²) in [6, 6.07) is 12.3. The Labute approximate surface area is 257 Å². The molecule has 0 saturated carbocycles. The van der Waals surface area contributed by atoms with Crippen LogP contribution < -0.4 is 15.4 Å². The van der Waals surface area contributed by atoms with E-state index in [9.17, 15) is 14.4 Å². The van der Waals surface area contributed by atoms with Crippen LogP contribution in [-0.2, 0) is 16.1 Å². The van der Waals surface area contributed by atoms with Gasteiger partial charge in [0.1, 0.15) is 18.1 Å². The molecule has 1 saturated heterocycles. The van der Waals surface area contributed by atoms with E-state index in [-0.39, 0.29) is 18.3 Å². The van der Waals surface area contributed by atoms with E-state index in [1.807, 2.05) is 49.5 Å². The lowest BCUT2D eigenvalue weighted by Crippen LogP contribution is -2.35. The summed E-state index contributed by atoms with van der Waals surface area (Å²) in [5.74, 6) is 0.736. The average molecular weight is 598 g/mol. The minimum absolute atomic E-state index is 0.0218. The van der Waals surface area contributed by atoms with Crippen LogP contribution >= 0.6 is 0 Å². The number of hydrogen-bond donors (Lipinski definition) is 2. The maximum atomic E-state index is 13.6. The van der Waals surface area contributed by atoms with Crippen LogP contribution in [0.4, 0.5) is 10.5 Å². The van der Waals surface area contributed by atoms with Crippen LogP contribution in [0.5, 0.6) is 5.75 Å². The van der Waals surface area contributed by atoms with Crippen LogP contribution in [0.1, 0.15) is 29.3 Å². The molecule has 2 heterocycles. The topological polar surface area (TPSA) is 105 Å². The minimum Gasteiger partial charge on any atom is -0.497 e. The Kier molecular flexibility index (Phi) is 9.20. The fourth-order valence-electron chi connectivity index (χ4n) is 5.39. The van der Waals surface area contributed by atoms with Crippen molar-refractivity contribution in [1.29, 1.82) is 0 Å². The average Bonchev–Trinajstić information content (AvgIpc) is 3.37. The number of nitrogens with one attached hydrogen (secondary N) is 2. The molecule has 2 aromatic carbocycles. The quantitative estimate of drug-likeness (QED) is 0.340. The SMILES string of the molecule is CCn1cc(/C=C2\COC3=CC=C(NC(=O)Nc4ccc(C(=O)N(C)CCN(C)C)cc4)CC3C2=O)c2cc(OC)ccc21. The number of ketones is 1. The summed E-state index contributed by atoms with van der Waals surface area (Å²) in [5.41, 5.74) is 4.28. The molecule has 5 rings (SSSR count). The van der Waals surface area contributed by atoms with Crippen LogP contribution in [0.3, 0.4) is 0 Å². The summed E-state index contributed by atoms with van der Waals surface area (Å²) < 4.78 is 13.6. The predicted molar refractivity (Wildman–Crippen MR) is 171 cm³/mol. The van der Waals surface area contributed by atoms with Crippen molar-refractivity contribution in [2.45, 2.75) is 19.9 Å². The lowest BCUT2D eigenvalue weighted by atomic mass is 9.86. The highest BCUT2D eigenvalue weighted by Gasteiger charge is 2.35. The van der Waals surface area contributed by atoms with Gasteiger partial charge >= 0.3 is 6.03 Å². The zero-order valence-corrected chi connectivity index (χ0v) is 25.8. The molecule has 1 aromatic heterocycles. The van der Waals surface area contributed by atoms with Gasteiger partial charge in [-0.25, -0.2) is 4.79 Å². The number of aromatic nitrogens is 1. The lowest BCUT2D eigenvalue weighted by molar-refractivity contribution is -0.121. The molecule has 3 amide bonds. The first-order chi connectivity index (χ1) is 21.2. The van der Waals surface area contributed by atoms with E-state index < -0.39 is 11.9 Å². The van der Waals surface area contributed by atoms with Gasteiger partial charge in [0.25, 0.3) is 5.91 Å². The highest BCUT2D eigenvalue weighted by atomic mass is 16.5. The smallest absolute Gasteiger partial charge is 0.323 e. The number of urea groups is 1. The van der Waals surface area contributed by atoms with E-state index in [1.165, 1.54) is 0 Å². The van der Waals surface area contributed by atoms with Crippen LogP contribution in [0.25, 0.3) is 17.0 Å². The zero-order chi connectivity index (χ0) is 31.4. The number of fused-ring (bicyclic) bond motifs is 2. The van der Waals surface area contributed by atoms with Gasteiger partial charge in [-0.15, -0.1) is 0 Å². The molecule has 10 heteroatoms. The van der Waals surface area contributed by atoms with Gasteiger partial charge in [0.2, 0.25) is 0 Å². The number of likely N-dealkylation sites (N-methyl/N-ethyl adjacent to an activating group) is 2. The molecule has 0 spiro atoms. The van der Waals surface area contributed by atoms with Crippen molar-refractivity contribution in [3.8, 4) is 5.75 Å². The largest absolute Gasteiger partial charge is 0.497 e. The summed E-state index contributed by atoms with van der Waals surface area (Å²) in [6.45, 7) is 4.44. The molecular formula is C34H39N5O5. The van der Waals surface area contributed by atoms with Crippen LogP contribution in [0.2, 0.25) is 0 Å². The van der Waals surface area contributed by atoms with Crippen molar-refractivity contribution in [3.05, 3.63) is 89.0 Å². The van der Waals surface area contributed by atoms with Crippen molar-refractivity contribution in [2.75, 3.05) is 53.3 Å². The van der Waals surface area contributed by atoms with Gasteiger partial charge in [0.15, 0.2) is 5.78 Å². The lowest BCUT2D eigenvalue weighted by Gasteiger charge is -2.29. The molecule has 2 aliphatic rings. The van der Waals surface area contributed by atoms with Crippen molar-refractivity contribution < 1.29 is 23.9 Å². The molecule has 1 aliphatic heterocycles. The number of allylic oxidation sites excluding steroid dienone is 4. The number of nitrogens with zero attached hydrogens (tertiary/aromatic N) is 3. The number of carbonyl (C=O) groups excluding carboxylic acids is 3. The minimum atomic E-state index is -0.515. The molecule has 1 unspecified atom stereocenters. The molecule has 44 heavy (non-hydrogen) atoms. The zero-order valence-electron chi connectivity index (χ0n) is 25.8. The number of methoxy groups -OCH3 is 1. The Morgan fingerprint density at radius 1 is 1.07 bits per heavy atom. The molecule has 0 radical (unpaired) electrons. The van der Waals surface area contributed by atoms with Crippen molar-refractivity contribution in [2.24, 2.45) is 5.92 Å². The Morgan fingerprint density at radius 2 is 1.84 bits per heavy atom. The van der Waals surface area contributed by atoms with Gasteiger partial charge in [-0.1, -0.05) is 0 Å². The number of amides is 3. The molecule has 0 bridgehead atoms. The standard InChI is InChI=1S/C34H39N5O5/c1-6-39-20-23(28-19-27(43-5)12-13-30(28)39)17-24-21-44-31-14-11-26(18-29(31)32(24)40)36-34(42)35-25-9-7-22(8-10-25)33(41)38(4)16-15-37(2)3/h7-14,17,19-20,29H,6,15-16,18,21H2,1-5H3,(H2,35,36,42)/b24-17+. The summed E-state index contributed by atoms with van der Waals surface area (Å²) in [6.07, 6.45) is 7.77. The Morgan fingerprint density at radius 3 is 2.55 bits per heavy atom. The first-order valence-electron chi connectivity index (χ1n) is 14.7. The van der Waals surface area contributed by atoms with Gasteiger partial charge in [0, 0.05) is 78.3 Å². The van der Waals surface area contributed by atoms with Gasteiger partial charge in [0.05, 0.1) is 13.0 Å². The molecule has 1 atom stereocenters. The first kappa shape index (κ1) is 30.6. The molecule has 230 valence electrons. The number of carbonyl (C=O) groups is 3. The number of anilines is 1. The molecule has 2 N–H and O–H groups in total. The Hall–Kier alpha value is -4.83. The number of Topliss-reactive ketones (excluding diaryl/α,β-unsaturated/α-hetero) is 1. The molecular weight excluding hydrogens is 558 g/mol. The Bertz CT molecular complexity index is 1660. The summed E-state index contributed by atoms with van der Waals surface area (Å²) in [5, 5.41) is 6.66. The number of aryl methyl sites for hydroxylation is 1. The predicted octanol–water partition coefficient (Wildman–Crippen LogP) is 4.90. The summed E-state index contributed by atoms with van der Waals surface area (Å²) in [7, 11) is 7.33. The van der Waals surface area contributed by atoms with E-state index in [0.29, 0.717) is 41.2 Å². The van der Waals surface area contributed by atoms with Crippen LogP contribution in [0, 0.1) is 5.92 Å². The van der Waals surface area contributed by atoms with Crippen LogP contribution in [0.15, 0.2) is 77.8 Å². The third-order valence-corrected chi connectivity index (χ3v) is 7.93. The number of ether oxygens (including phenoxy) is 2. The second kappa shape index (κ2) is 13.2. The molecule has 1 fully saturated rings. The second-order valence-corrected chi connectivity index (χ2v) is 11.3. The van der Waals surface area contributed by atoms with E-state index in [2.05, 4.69) is 22.1 Å². The van der Waals surface area contributed by atoms with Gasteiger partial charge < -0.3 is 34.5 Å². The third kappa shape index (κ3) is 6.70. The molecule has 1 aliphatic carbocycles. The molecule has 3 aromatic rings. The number of rotatable bonds is 9. The maximum Gasteiger partial charge on any atom is 0.323 e. The van der Waals surface area contributed by atoms with Crippen molar-refractivity contribution >= 4 is 40.4 Å². The fraction of sp³-hybridized carbons (Fsp3) is 0.324. The van der Waals surface area contributed by atoms with E-state index >= 15 is 0 Å². The highest BCUT2D eigenvalue weighted by Crippen LogP contribution is 2.35. The van der Waals surface area contributed by atoms with E-state index in [4.69, 9.17) is 9.47 Å². The van der Waals surface area contributed by atoms with Gasteiger partial charge in [-0.05, 0) is 81.7 Å². The fourth-order valence-corrected chi connectivity index (χ4v) is 5.39. The second-order valence-electron chi connectivity index (χ2n) is 11.3. The Balaban J connectivity index is 1.22.